The molecule has 0 saturated heterocycles. The van der Waals surface area contributed by atoms with Crippen LogP contribution in [0.5, 0.6) is 0 Å². The molecule has 128 valence electrons. The van der Waals surface area contributed by atoms with Gasteiger partial charge in [-0.2, -0.15) is 0 Å². The van der Waals surface area contributed by atoms with Crippen LogP contribution in [0.25, 0.3) is 0 Å². The Hall–Kier alpha value is -1.95. The maximum absolute atomic E-state index is 13.2. The van der Waals surface area contributed by atoms with Crippen LogP contribution in [0.3, 0.4) is 0 Å². The Morgan fingerprint density at radius 3 is 2.57 bits per heavy atom. The highest BCUT2D eigenvalue weighted by molar-refractivity contribution is 5.85. The van der Waals surface area contributed by atoms with Crippen LogP contribution in [0.4, 0.5) is 4.39 Å². The van der Waals surface area contributed by atoms with Gasteiger partial charge in [0.25, 0.3) is 0 Å². The maximum Gasteiger partial charge on any atom is 0.239 e. The van der Waals surface area contributed by atoms with E-state index in [0.29, 0.717) is 19.6 Å². The summed E-state index contributed by atoms with van der Waals surface area (Å²) in [5.41, 5.74) is 0.822. The number of halogens is 1. The second-order valence-electron chi connectivity index (χ2n) is 5.53. The Morgan fingerprint density at radius 2 is 1.96 bits per heavy atom. The lowest BCUT2D eigenvalue weighted by Crippen LogP contribution is -2.43. The molecule has 1 aromatic rings. The van der Waals surface area contributed by atoms with Gasteiger partial charge in [-0.3, -0.25) is 14.5 Å². The van der Waals surface area contributed by atoms with Crippen LogP contribution < -0.4 is 5.32 Å². The van der Waals surface area contributed by atoms with Crippen LogP contribution >= 0.6 is 0 Å². The maximum atomic E-state index is 13.2. The Labute approximate surface area is 137 Å². The number of rotatable bonds is 9. The van der Waals surface area contributed by atoms with Gasteiger partial charge in [0.1, 0.15) is 5.82 Å². The molecule has 0 heterocycles. The van der Waals surface area contributed by atoms with E-state index in [2.05, 4.69) is 5.32 Å². The lowest BCUT2D eigenvalue weighted by atomic mass is 10.2. The lowest BCUT2D eigenvalue weighted by Gasteiger charge is -2.23. The van der Waals surface area contributed by atoms with Gasteiger partial charge in [0.15, 0.2) is 0 Å². The normalized spacial score (nSPS) is 10.7. The van der Waals surface area contributed by atoms with E-state index in [0.717, 1.165) is 12.0 Å². The number of carbonyl (C=O) groups excluding carboxylic acids is 2. The number of carbonyl (C=O) groups is 2. The fourth-order valence-corrected chi connectivity index (χ4v) is 2.11. The zero-order valence-electron chi connectivity index (χ0n) is 14.1. The van der Waals surface area contributed by atoms with Crippen molar-refractivity contribution in [2.75, 3.05) is 33.2 Å². The first-order valence-corrected chi connectivity index (χ1v) is 7.93. The fraction of sp³-hybridized carbons (Fsp3) is 0.529. The number of hydrogen-bond acceptors (Lipinski definition) is 3. The first-order chi connectivity index (χ1) is 11.0. The van der Waals surface area contributed by atoms with Gasteiger partial charge in [-0.1, -0.05) is 26.0 Å². The number of nitrogens with one attached hydrogen (secondary N) is 1. The molecule has 0 bridgehead atoms. The summed E-state index contributed by atoms with van der Waals surface area (Å²) in [5, 5.41) is 2.74. The van der Waals surface area contributed by atoms with E-state index in [1.54, 1.807) is 13.1 Å². The quantitative estimate of drug-likeness (QED) is 0.751. The number of hydrogen-bond donors (Lipinski definition) is 1. The van der Waals surface area contributed by atoms with Crippen LogP contribution in [0, 0.1) is 5.82 Å². The fourth-order valence-electron chi connectivity index (χ4n) is 2.11. The van der Waals surface area contributed by atoms with Crippen molar-refractivity contribution in [2.45, 2.75) is 26.8 Å². The molecule has 0 aliphatic carbocycles. The summed E-state index contributed by atoms with van der Waals surface area (Å²) in [6.07, 6.45) is 0.862. The molecule has 0 aliphatic rings. The van der Waals surface area contributed by atoms with Crippen LogP contribution in [-0.4, -0.2) is 54.8 Å². The third-order valence-corrected chi connectivity index (χ3v) is 3.48. The molecule has 0 spiro atoms. The van der Waals surface area contributed by atoms with Gasteiger partial charge in [0, 0.05) is 20.1 Å². The van der Waals surface area contributed by atoms with Crippen LogP contribution in [0.2, 0.25) is 0 Å². The summed E-state index contributed by atoms with van der Waals surface area (Å²) in [6.45, 7) is 5.94. The number of nitrogens with zero attached hydrogens (tertiary/aromatic N) is 2. The van der Waals surface area contributed by atoms with Crippen molar-refractivity contribution < 1.29 is 14.0 Å². The summed E-state index contributed by atoms with van der Waals surface area (Å²) >= 11 is 0. The van der Waals surface area contributed by atoms with E-state index in [-0.39, 0.29) is 30.7 Å². The molecule has 0 radical (unpaired) electrons. The molecular formula is C17H26FN3O2. The lowest BCUT2D eigenvalue weighted by molar-refractivity contribution is -0.135. The highest BCUT2D eigenvalue weighted by atomic mass is 19.1. The van der Waals surface area contributed by atoms with Crippen molar-refractivity contribution in [3.8, 4) is 0 Å². The van der Waals surface area contributed by atoms with Gasteiger partial charge < -0.3 is 10.2 Å². The van der Waals surface area contributed by atoms with Gasteiger partial charge in [-0.15, -0.1) is 0 Å². The van der Waals surface area contributed by atoms with Gasteiger partial charge in [0.2, 0.25) is 11.8 Å². The van der Waals surface area contributed by atoms with E-state index in [1.165, 1.54) is 17.0 Å². The minimum absolute atomic E-state index is 0.0519. The summed E-state index contributed by atoms with van der Waals surface area (Å²) < 4.78 is 13.2. The minimum Gasteiger partial charge on any atom is -0.355 e. The molecule has 0 aromatic heterocycles. The Morgan fingerprint density at radius 1 is 1.22 bits per heavy atom. The zero-order valence-corrected chi connectivity index (χ0v) is 14.1. The number of likely N-dealkylation sites (N-methyl/N-ethyl adjacent to an activating group) is 2. The van der Waals surface area contributed by atoms with Crippen LogP contribution in [-0.2, 0) is 16.1 Å². The highest BCUT2D eigenvalue weighted by Crippen LogP contribution is 2.07. The van der Waals surface area contributed by atoms with Crippen molar-refractivity contribution >= 4 is 11.8 Å². The van der Waals surface area contributed by atoms with Crippen molar-refractivity contribution in [2.24, 2.45) is 0 Å². The summed E-state index contributed by atoms with van der Waals surface area (Å²) in [5.74, 6) is -0.569. The third kappa shape index (κ3) is 7.23. The molecule has 6 heteroatoms. The average molecular weight is 323 g/mol. The SMILES string of the molecule is CCCNC(=O)CN(C)C(=O)CN(CC)Cc1cccc(F)c1. The molecule has 0 saturated carbocycles. The Balaban J connectivity index is 2.50. The van der Waals surface area contributed by atoms with E-state index < -0.39 is 0 Å². The van der Waals surface area contributed by atoms with E-state index >= 15 is 0 Å². The Kier molecular flexibility index (Phi) is 8.26. The highest BCUT2D eigenvalue weighted by Gasteiger charge is 2.16. The van der Waals surface area contributed by atoms with Gasteiger partial charge in [0.05, 0.1) is 13.1 Å². The molecule has 0 aliphatic heterocycles. The average Bonchev–Trinajstić information content (AvgIpc) is 2.52. The zero-order chi connectivity index (χ0) is 17.2. The molecule has 2 amide bonds. The molecule has 0 fully saturated rings. The molecule has 5 nitrogen and oxygen atoms in total. The molecule has 0 unspecified atom stereocenters. The summed E-state index contributed by atoms with van der Waals surface area (Å²) in [7, 11) is 1.61. The van der Waals surface area contributed by atoms with Gasteiger partial charge in [-0.25, -0.2) is 4.39 Å². The van der Waals surface area contributed by atoms with E-state index in [1.807, 2.05) is 24.8 Å². The van der Waals surface area contributed by atoms with Crippen molar-refractivity contribution in [3.05, 3.63) is 35.6 Å². The second-order valence-corrected chi connectivity index (χ2v) is 5.53. The minimum atomic E-state index is -0.283. The first-order valence-electron chi connectivity index (χ1n) is 7.93. The predicted molar refractivity (Wildman–Crippen MR) is 88.3 cm³/mol. The summed E-state index contributed by atoms with van der Waals surface area (Å²) in [4.78, 5) is 27.2. The molecule has 23 heavy (non-hydrogen) atoms. The molecule has 1 N–H and O–H groups in total. The standard InChI is InChI=1S/C17H26FN3O2/c1-4-9-19-16(22)12-20(3)17(23)13-21(5-2)11-14-7-6-8-15(18)10-14/h6-8,10H,4-5,9,11-13H2,1-3H3,(H,19,22). The van der Waals surface area contributed by atoms with E-state index in [9.17, 15) is 14.0 Å². The van der Waals surface area contributed by atoms with Crippen molar-refractivity contribution in [1.82, 2.24) is 15.1 Å². The third-order valence-electron chi connectivity index (χ3n) is 3.48. The van der Waals surface area contributed by atoms with Gasteiger partial charge >= 0.3 is 0 Å². The first kappa shape index (κ1) is 19.1. The second kappa shape index (κ2) is 9.94. The molecule has 1 aromatic carbocycles. The van der Waals surface area contributed by atoms with Crippen molar-refractivity contribution in [3.63, 3.8) is 0 Å². The molecule has 1 rings (SSSR count). The predicted octanol–water partition coefficient (Wildman–Crippen LogP) is 1.63. The number of benzene rings is 1. The largest absolute Gasteiger partial charge is 0.355 e. The monoisotopic (exact) mass is 323 g/mol. The van der Waals surface area contributed by atoms with Gasteiger partial charge in [-0.05, 0) is 30.7 Å². The Bertz CT molecular complexity index is 522. The molecular weight excluding hydrogens is 297 g/mol. The number of amides is 2. The van der Waals surface area contributed by atoms with Crippen molar-refractivity contribution in [1.29, 1.82) is 0 Å². The van der Waals surface area contributed by atoms with Crippen LogP contribution in [0.15, 0.2) is 24.3 Å². The smallest absolute Gasteiger partial charge is 0.239 e. The summed E-state index contributed by atoms with van der Waals surface area (Å²) in [6, 6.07) is 6.35. The molecule has 0 atom stereocenters. The van der Waals surface area contributed by atoms with Crippen LogP contribution in [0.1, 0.15) is 25.8 Å². The van der Waals surface area contributed by atoms with E-state index in [4.69, 9.17) is 0 Å². The topological polar surface area (TPSA) is 52.7 Å².